The van der Waals surface area contributed by atoms with Crippen LogP contribution in [0.3, 0.4) is 0 Å². The van der Waals surface area contributed by atoms with Crippen LogP contribution >= 0.6 is 24.8 Å². The van der Waals surface area contributed by atoms with Crippen molar-refractivity contribution in [3.63, 3.8) is 0 Å². The second-order valence-corrected chi connectivity index (χ2v) is 4.18. The second-order valence-electron chi connectivity index (χ2n) is 4.18. The smallest absolute Gasteiger partial charge is 0.253 e. The van der Waals surface area contributed by atoms with Crippen LogP contribution in [0.5, 0.6) is 0 Å². The van der Waals surface area contributed by atoms with E-state index in [9.17, 15) is 4.79 Å². The number of aryl methyl sites for hydroxylation is 1. The summed E-state index contributed by atoms with van der Waals surface area (Å²) in [4.78, 5) is 16.1. The van der Waals surface area contributed by atoms with Gasteiger partial charge in [0.25, 0.3) is 5.91 Å². The molecule has 0 aliphatic rings. The highest BCUT2D eigenvalue weighted by Crippen LogP contribution is 2.05. The van der Waals surface area contributed by atoms with Gasteiger partial charge in [0.15, 0.2) is 0 Å². The van der Waals surface area contributed by atoms with Crippen molar-refractivity contribution in [2.24, 2.45) is 5.73 Å². The predicted molar refractivity (Wildman–Crippen MR) is 83.3 cm³/mol. The van der Waals surface area contributed by atoms with Gasteiger partial charge in [-0.1, -0.05) is 19.8 Å². The molecule has 0 aliphatic heterocycles. The maximum absolute atomic E-state index is 12.0. The van der Waals surface area contributed by atoms with Gasteiger partial charge in [0, 0.05) is 24.5 Å². The van der Waals surface area contributed by atoms with Crippen molar-refractivity contribution >= 4 is 30.7 Å². The minimum atomic E-state index is -0.0813. The van der Waals surface area contributed by atoms with Crippen LogP contribution in [0.4, 0.5) is 0 Å². The molecule has 6 heteroatoms. The summed E-state index contributed by atoms with van der Waals surface area (Å²) in [6, 6.07) is 3.61. The molecule has 0 radical (unpaired) electrons. The molecule has 0 aliphatic carbocycles. The fraction of sp³-hybridized carbons (Fsp3) is 0.538. The molecule has 1 rings (SSSR count). The Balaban J connectivity index is 0. The first-order valence-corrected chi connectivity index (χ1v) is 6.11. The predicted octanol–water partition coefficient (Wildman–Crippen LogP) is 2.48. The zero-order valence-electron chi connectivity index (χ0n) is 11.4. The summed E-state index contributed by atoms with van der Waals surface area (Å²) < 4.78 is 0. The Bertz CT molecular complexity index is 375. The van der Waals surface area contributed by atoms with E-state index in [4.69, 9.17) is 5.73 Å². The van der Waals surface area contributed by atoms with E-state index in [2.05, 4.69) is 17.2 Å². The highest BCUT2D eigenvalue weighted by Gasteiger charge is 2.13. The highest BCUT2D eigenvalue weighted by atomic mass is 35.5. The van der Waals surface area contributed by atoms with E-state index in [1.165, 1.54) is 0 Å². The number of nitrogens with one attached hydrogen (secondary N) is 1. The molecule has 1 atom stereocenters. The van der Waals surface area contributed by atoms with Crippen molar-refractivity contribution in [2.45, 2.75) is 39.2 Å². The second kappa shape index (κ2) is 11.0. The Morgan fingerprint density at radius 1 is 1.47 bits per heavy atom. The average Bonchev–Trinajstić information content (AvgIpc) is 2.34. The standard InChI is InChI=1S/C13H21N3O.2ClH/c1-3-4-6-11(9-14)16-13(17)12-7-5-8-15-10(12)2;;/h5,7-8,11H,3-4,6,9,14H2,1-2H3,(H,16,17);2*1H. The van der Waals surface area contributed by atoms with Crippen LogP contribution in [0.1, 0.15) is 42.2 Å². The molecule has 3 N–H and O–H groups in total. The maximum Gasteiger partial charge on any atom is 0.253 e. The Morgan fingerprint density at radius 3 is 2.68 bits per heavy atom. The first-order chi connectivity index (χ1) is 8.19. The Labute approximate surface area is 127 Å². The molecule has 1 unspecified atom stereocenters. The van der Waals surface area contributed by atoms with E-state index in [0.29, 0.717) is 12.1 Å². The number of pyridine rings is 1. The number of hydrogen-bond donors (Lipinski definition) is 2. The largest absolute Gasteiger partial charge is 0.348 e. The number of carbonyl (C=O) groups excluding carboxylic acids is 1. The van der Waals surface area contributed by atoms with Crippen molar-refractivity contribution < 1.29 is 4.79 Å². The molecular formula is C13H23Cl2N3O. The molecule has 0 saturated carbocycles. The number of unbranched alkanes of at least 4 members (excludes halogenated alkanes) is 1. The van der Waals surface area contributed by atoms with Gasteiger partial charge in [-0.25, -0.2) is 0 Å². The molecule has 0 bridgehead atoms. The zero-order chi connectivity index (χ0) is 12.7. The summed E-state index contributed by atoms with van der Waals surface area (Å²) in [7, 11) is 0. The molecule has 0 aromatic carbocycles. The summed E-state index contributed by atoms with van der Waals surface area (Å²) in [5, 5.41) is 2.95. The summed E-state index contributed by atoms with van der Waals surface area (Å²) in [5.74, 6) is -0.0813. The lowest BCUT2D eigenvalue weighted by atomic mass is 10.1. The van der Waals surface area contributed by atoms with Gasteiger partial charge >= 0.3 is 0 Å². The number of rotatable bonds is 6. The van der Waals surface area contributed by atoms with Crippen molar-refractivity contribution in [3.05, 3.63) is 29.6 Å². The lowest BCUT2D eigenvalue weighted by Crippen LogP contribution is -2.40. The molecule has 1 aromatic rings. The molecule has 1 heterocycles. The normalized spacial score (nSPS) is 10.9. The van der Waals surface area contributed by atoms with Gasteiger partial charge in [-0.15, -0.1) is 24.8 Å². The maximum atomic E-state index is 12.0. The first-order valence-electron chi connectivity index (χ1n) is 6.11. The monoisotopic (exact) mass is 307 g/mol. The number of nitrogens with two attached hydrogens (primary N) is 1. The van der Waals surface area contributed by atoms with Gasteiger partial charge in [-0.05, 0) is 25.5 Å². The lowest BCUT2D eigenvalue weighted by molar-refractivity contribution is 0.0934. The molecule has 1 aromatic heterocycles. The number of carbonyl (C=O) groups is 1. The molecule has 110 valence electrons. The van der Waals surface area contributed by atoms with Crippen LogP contribution < -0.4 is 11.1 Å². The van der Waals surface area contributed by atoms with E-state index in [1.807, 2.05) is 6.92 Å². The zero-order valence-corrected chi connectivity index (χ0v) is 13.0. The van der Waals surface area contributed by atoms with Gasteiger partial charge in [0.05, 0.1) is 5.56 Å². The number of amides is 1. The summed E-state index contributed by atoms with van der Waals surface area (Å²) in [6.07, 6.45) is 4.80. The highest BCUT2D eigenvalue weighted by molar-refractivity contribution is 5.95. The number of halogens is 2. The Morgan fingerprint density at radius 2 is 2.16 bits per heavy atom. The fourth-order valence-electron chi connectivity index (χ4n) is 1.69. The van der Waals surface area contributed by atoms with Crippen LogP contribution in [0.2, 0.25) is 0 Å². The molecule has 0 spiro atoms. The molecule has 1 amide bonds. The van der Waals surface area contributed by atoms with Crippen LogP contribution in [0, 0.1) is 6.92 Å². The minimum Gasteiger partial charge on any atom is -0.348 e. The van der Waals surface area contributed by atoms with Crippen molar-refractivity contribution in [1.29, 1.82) is 0 Å². The Kier molecular flexibility index (Phi) is 11.9. The fourth-order valence-corrected chi connectivity index (χ4v) is 1.69. The third kappa shape index (κ3) is 6.76. The van der Waals surface area contributed by atoms with Crippen LogP contribution in [0.15, 0.2) is 18.3 Å². The van der Waals surface area contributed by atoms with E-state index < -0.39 is 0 Å². The van der Waals surface area contributed by atoms with Gasteiger partial charge < -0.3 is 11.1 Å². The third-order valence-corrected chi connectivity index (χ3v) is 2.78. The molecule has 19 heavy (non-hydrogen) atoms. The van der Waals surface area contributed by atoms with Crippen molar-refractivity contribution in [1.82, 2.24) is 10.3 Å². The van der Waals surface area contributed by atoms with Gasteiger partial charge in [0.2, 0.25) is 0 Å². The summed E-state index contributed by atoms with van der Waals surface area (Å²) in [6.45, 7) is 4.43. The summed E-state index contributed by atoms with van der Waals surface area (Å²) >= 11 is 0. The average molecular weight is 308 g/mol. The number of nitrogens with zero attached hydrogens (tertiary/aromatic N) is 1. The van der Waals surface area contributed by atoms with E-state index in [0.717, 1.165) is 25.0 Å². The molecule has 0 saturated heterocycles. The molecule has 4 nitrogen and oxygen atoms in total. The van der Waals surface area contributed by atoms with E-state index in [1.54, 1.807) is 18.3 Å². The minimum absolute atomic E-state index is 0. The lowest BCUT2D eigenvalue weighted by Gasteiger charge is -2.16. The van der Waals surface area contributed by atoms with E-state index in [-0.39, 0.29) is 36.8 Å². The van der Waals surface area contributed by atoms with Gasteiger partial charge in [0.1, 0.15) is 0 Å². The van der Waals surface area contributed by atoms with Gasteiger partial charge in [-0.2, -0.15) is 0 Å². The first kappa shape index (κ1) is 20.5. The topological polar surface area (TPSA) is 68.0 Å². The van der Waals surface area contributed by atoms with Crippen molar-refractivity contribution in [2.75, 3.05) is 6.54 Å². The van der Waals surface area contributed by atoms with Crippen molar-refractivity contribution in [3.8, 4) is 0 Å². The molecule has 0 fully saturated rings. The number of hydrogen-bond acceptors (Lipinski definition) is 3. The van der Waals surface area contributed by atoms with E-state index >= 15 is 0 Å². The molecular weight excluding hydrogens is 285 g/mol. The number of aromatic nitrogens is 1. The quantitative estimate of drug-likeness (QED) is 0.848. The van der Waals surface area contributed by atoms with Crippen LogP contribution in [-0.2, 0) is 0 Å². The summed E-state index contributed by atoms with van der Waals surface area (Å²) in [5.41, 5.74) is 7.02. The van der Waals surface area contributed by atoms with Crippen LogP contribution in [0.25, 0.3) is 0 Å². The van der Waals surface area contributed by atoms with Crippen LogP contribution in [-0.4, -0.2) is 23.5 Å². The SMILES string of the molecule is CCCCC(CN)NC(=O)c1cccnc1C.Cl.Cl. The van der Waals surface area contributed by atoms with Gasteiger partial charge in [-0.3, -0.25) is 9.78 Å². The Hall–Kier alpha value is -0.840. The third-order valence-electron chi connectivity index (χ3n) is 2.78.